The van der Waals surface area contributed by atoms with Gasteiger partial charge >= 0.3 is 5.97 Å². The number of furan rings is 1. The third kappa shape index (κ3) is 3.94. The fraction of sp³-hybridized carbons (Fsp3) is 0.211. The standard InChI is InChI=1S/C19H17ClN2O4S/c1-4-7-22-17(23)14-6-5-12(20)9-15(14)21-19(22)27-10-13-8-11(2)16(26-13)18(24)25-3/h4-6,8-9H,1,7,10H2,2-3H3. The minimum Gasteiger partial charge on any atom is -0.463 e. The number of halogens is 1. The molecule has 3 aromatic rings. The lowest BCUT2D eigenvalue weighted by Gasteiger charge is -2.11. The first-order valence-electron chi connectivity index (χ1n) is 8.06. The van der Waals surface area contributed by atoms with E-state index >= 15 is 0 Å². The minimum absolute atomic E-state index is 0.162. The number of hydrogen-bond acceptors (Lipinski definition) is 6. The zero-order valence-electron chi connectivity index (χ0n) is 14.8. The van der Waals surface area contributed by atoms with Gasteiger partial charge < -0.3 is 9.15 Å². The molecule has 8 heteroatoms. The van der Waals surface area contributed by atoms with Crippen molar-refractivity contribution in [2.75, 3.05) is 7.11 Å². The van der Waals surface area contributed by atoms with Gasteiger partial charge in [0.25, 0.3) is 5.56 Å². The number of aryl methyl sites for hydroxylation is 1. The molecule has 0 spiro atoms. The Morgan fingerprint density at radius 1 is 1.44 bits per heavy atom. The third-order valence-corrected chi connectivity index (χ3v) is 5.11. The number of carbonyl (C=O) groups excluding carboxylic acids is 1. The van der Waals surface area contributed by atoms with Gasteiger partial charge in [-0.3, -0.25) is 9.36 Å². The van der Waals surface area contributed by atoms with Crippen LogP contribution in [0.2, 0.25) is 5.02 Å². The summed E-state index contributed by atoms with van der Waals surface area (Å²) in [4.78, 5) is 29.0. The maximum atomic E-state index is 12.8. The molecule has 0 N–H and O–H groups in total. The van der Waals surface area contributed by atoms with Crippen molar-refractivity contribution in [3.63, 3.8) is 0 Å². The van der Waals surface area contributed by atoms with Gasteiger partial charge in [0.15, 0.2) is 5.16 Å². The minimum atomic E-state index is -0.522. The van der Waals surface area contributed by atoms with Crippen molar-refractivity contribution < 1.29 is 13.9 Å². The maximum absolute atomic E-state index is 12.8. The van der Waals surface area contributed by atoms with E-state index in [-0.39, 0.29) is 11.3 Å². The Balaban J connectivity index is 1.96. The second-order valence-corrected chi connectivity index (χ2v) is 7.14. The number of aromatic nitrogens is 2. The van der Waals surface area contributed by atoms with Crippen LogP contribution in [0.1, 0.15) is 21.9 Å². The van der Waals surface area contributed by atoms with Crippen LogP contribution in [0, 0.1) is 6.92 Å². The molecule has 0 aliphatic carbocycles. The highest BCUT2D eigenvalue weighted by molar-refractivity contribution is 7.98. The number of nitrogens with zero attached hydrogens (tertiary/aromatic N) is 2. The van der Waals surface area contributed by atoms with Crippen LogP contribution in [0.5, 0.6) is 0 Å². The molecule has 2 aromatic heterocycles. The van der Waals surface area contributed by atoms with Gasteiger partial charge in [-0.25, -0.2) is 9.78 Å². The van der Waals surface area contributed by atoms with E-state index < -0.39 is 5.97 Å². The molecule has 27 heavy (non-hydrogen) atoms. The van der Waals surface area contributed by atoms with Crippen LogP contribution >= 0.6 is 23.4 Å². The SMILES string of the molecule is C=CCn1c(SCc2cc(C)c(C(=O)OC)o2)nc2cc(Cl)ccc2c1=O. The molecule has 3 rings (SSSR count). The van der Waals surface area contributed by atoms with E-state index in [1.165, 1.54) is 18.9 Å². The van der Waals surface area contributed by atoms with Gasteiger partial charge in [0.05, 0.1) is 23.8 Å². The first kappa shape index (κ1) is 19.3. The Bertz CT molecular complexity index is 1090. The van der Waals surface area contributed by atoms with Gasteiger partial charge in [-0.1, -0.05) is 29.4 Å². The number of allylic oxidation sites excluding steroid dienone is 1. The lowest BCUT2D eigenvalue weighted by molar-refractivity contribution is 0.0562. The molecule has 0 fully saturated rings. The lowest BCUT2D eigenvalue weighted by atomic mass is 10.2. The van der Waals surface area contributed by atoms with E-state index in [1.54, 1.807) is 41.8 Å². The zero-order valence-corrected chi connectivity index (χ0v) is 16.4. The number of esters is 1. The van der Waals surface area contributed by atoms with Crippen LogP contribution in [0.25, 0.3) is 10.9 Å². The Morgan fingerprint density at radius 3 is 2.93 bits per heavy atom. The predicted octanol–water partition coefficient (Wildman–Crippen LogP) is 4.22. The zero-order chi connectivity index (χ0) is 19.6. The number of ether oxygens (including phenoxy) is 1. The van der Waals surface area contributed by atoms with Crippen molar-refractivity contribution in [2.24, 2.45) is 0 Å². The summed E-state index contributed by atoms with van der Waals surface area (Å²) in [5.74, 6) is 0.636. The molecular weight excluding hydrogens is 388 g/mol. The highest BCUT2D eigenvalue weighted by Crippen LogP contribution is 2.26. The second-order valence-electron chi connectivity index (χ2n) is 5.77. The van der Waals surface area contributed by atoms with Crippen molar-refractivity contribution in [2.45, 2.75) is 24.4 Å². The Morgan fingerprint density at radius 2 is 2.22 bits per heavy atom. The first-order valence-corrected chi connectivity index (χ1v) is 9.42. The highest BCUT2D eigenvalue weighted by atomic mass is 35.5. The summed E-state index contributed by atoms with van der Waals surface area (Å²) in [6.45, 7) is 5.81. The first-order chi connectivity index (χ1) is 12.9. The molecule has 1 aromatic carbocycles. The van der Waals surface area contributed by atoms with Crippen LogP contribution in [0.15, 0.2) is 51.3 Å². The summed E-state index contributed by atoms with van der Waals surface area (Å²) in [6, 6.07) is 6.76. The number of methoxy groups -OCH3 is 1. The Kier molecular flexibility index (Phi) is 5.72. The molecule has 0 saturated carbocycles. The van der Waals surface area contributed by atoms with Crippen molar-refractivity contribution in [1.29, 1.82) is 0 Å². The topological polar surface area (TPSA) is 74.3 Å². The molecule has 6 nitrogen and oxygen atoms in total. The quantitative estimate of drug-likeness (QED) is 0.265. The number of hydrogen-bond donors (Lipinski definition) is 0. The van der Waals surface area contributed by atoms with Crippen molar-refractivity contribution in [1.82, 2.24) is 9.55 Å². The molecule has 0 aliphatic rings. The number of carbonyl (C=O) groups is 1. The summed E-state index contributed by atoms with van der Waals surface area (Å²) in [7, 11) is 1.30. The summed E-state index contributed by atoms with van der Waals surface area (Å²) in [6.07, 6.45) is 1.64. The van der Waals surface area contributed by atoms with Gasteiger partial charge in [-0.2, -0.15) is 0 Å². The van der Waals surface area contributed by atoms with Gasteiger partial charge in [-0.15, -0.1) is 6.58 Å². The maximum Gasteiger partial charge on any atom is 0.374 e. The summed E-state index contributed by atoms with van der Waals surface area (Å²) < 4.78 is 11.8. The Hall–Kier alpha value is -2.51. The van der Waals surface area contributed by atoms with E-state index in [1.807, 2.05) is 0 Å². The lowest BCUT2D eigenvalue weighted by Crippen LogP contribution is -2.22. The third-order valence-electron chi connectivity index (χ3n) is 3.88. The molecule has 0 saturated heterocycles. The van der Waals surface area contributed by atoms with Gasteiger partial charge in [0.1, 0.15) is 5.76 Å². The highest BCUT2D eigenvalue weighted by Gasteiger charge is 2.17. The molecule has 0 unspecified atom stereocenters. The van der Waals surface area contributed by atoms with Crippen LogP contribution in [-0.4, -0.2) is 22.6 Å². The summed E-state index contributed by atoms with van der Waals surface area (Å²) in [5, 5.41) is 1.52. The average molecular weight is 405 g/mol. The molecule has 140 valence electrons. The number of rotatable bonds is 6. The summed E-state index contributed by atoms with van der Waals surface area (Å²) >= 11 is 7.36. The van der Waals surface area contributed by atoms with E-state index in [0.717, 1.165) is 0 Å². The van der Waals surface area contributed by atoms with Gasteiger partial charge in [0.2, 0.25) is 5.76 Å². The number of benzene rings is 1. The Labute approximate surface area is 164 Å². The smallest absolute Gasteiger partial charge is 0.374 e. The van der Waals surface area contributed by atoms with Crippen LogP contribution in [0.3, 0.4) is 0 Å². The monoisotopic (exact) mass is 404 g/mol. The largest absolute Gasteiger partial charge is 0.463 e. The van der Waals surface area contributed by atoms with E-state index in [4.69, 9.17) is 20.8 Å². The fourth-order valence-electron chi connectivity index (χ4n) is 2.62. The molecule has 0 amide bonds. The van der Waals surface area contributed by atoms with Crippen LogP contribution < -0.4 is 5.56 Å². The van der Waals surface area contributed by atoms with E-state index in [0.29, 0.717) is 44.7 Å². The molecule has 0 bridgehead atoms. The molecule has 0 atom stereocenters. The predicted molar refractivity (Wildman–Crippen MR) is 106 cm³/mol. The number of thioether (sulfide) groups is 1. The van der Waals surface area contributed by atoms with Crippen LogP contribution in [-0.2, 0) is 17.0 Å². The second kappa shape index (κ2) is 8.02. The van der Waals surface area contributed by atoms with Crippen LogP contribution in [0.4, 0.5) is 0 Å². The fourth-order valence-corrected chi connectivity index (χ4v) is 3.68. The average Bonchev–Trinajstić information content (AvgIpc) is 3.02. The van der Waals surface area contributed by atoms with Crippen molar-refractivity contribution >= 4 is 40.2 Å². The van der Waals surface area contributed by atoms with Gasteiger partial charge in [0, 0.05) is 17.1 Å². The molecule has 0 radical (unpaired) electrons. The van der Waals surface area contributed by atoms with Gasteiger partial charge in [-0.05, 0) is 31.2 Å². The molecule has 2 heterocycles. The van der Waals surface area contributed by atoms with E-state index in [2.05, 4.69) is 11.6 Å². The van der Waals surface area contributed by atoms with E-state index in [9.17, 15) is 9.59 Å². The normalized spacial score (nSPS) is 10.9. The molecule has 0 aliphatic heterocycles. The van der Waals surface area contributed by atoms with Crippen molar-refractivity contribution in [3.8, 4) is 0 Å². The van der Waals surface area contributed by atoms with Crippen molar-refractivity contribution in [3.05, 3.63) is 69.4 Å². The summed E-state index contributed by atoms with van der Waals surface area (Å²) in [5.41, 5.74) is 1.06. The number of fused-ring (bicyclic) bond motifs is 1. The molecular formula is C19H17ClN2O4S.